The fraction of sp³-hybridized carbons (Fsp3) is 0.400. The van der Waals surface area contributed by atoms with Gasteiger partial charge >= 0.3 is 5.97 Å². The molecule has 88 valence electrons. The summed E-state index contributed by atoms with van der Waals surface area (Å²) in [4.78, 5) is 14.6. The number of carboxylic acids is 1. The van der Waals surface area contributed by atoms with Crippen LogP contribution in [0.15, 0.2) is 18.5 Å². The number of hydrogen-bond acceptors (Lipinski definition) is 5. The van der Waals surface area contributed by atoms with E-state index < -0.39 is 18.2 Å². The third kappa shape index (κ3) is 2.75. The smallest absolute Gasteiger partial charge is 0.336 e. The Morgan fingerprint density at radius 1 is 1.50 bits per heavy atom. The number of carbonyl (C=O) groups is 1. The van der Waals surface area contributed by atoms with Crippen molar-refractivity contribution in [1.82, 2.24) is 4.98 Å². The van der Waals surface area contributed by atoms with Gasteiger partial charge in [-0.15, -0.1) is 0 Å². The van der Waals surface area contributed by atoms with Gasteiger partial charge in [0.2, 0.25) is 0 Å². The molecule has 1 aromatic rings. The fourth-order valence-corrected chi connectivity index (χ4v) is 1.37. The molecular weight excluding hydrogens is 212 g/mol. The van der Waals surface area contributed by atoms with E-state index in [1.165, 1.54) is 18.5 Å². The number of aromatic nitrogens is 1. The quantitative estimate of drug-likeness (QED) is 0.539. The fourth-order valence-electron chi connectivity index (χ4n) is 1.37. The van der Waals surface area contributed by atoms with E-state index in [4.69, 9.17) is 10.8 Å². The number of aromatic carboxylic acids is 1. The summed E-state index contributed by atoms with van der Waals surface area (Å²) in [6.45, 7) is 0.209. The van der Waals surface area contributed by atoms with E-state index in [9.17, 15) is 15.0 Å². The lowest BCUT2D eigenvalue weighted by Crippen LogP contribution is -2.23. The van der Waals surface area contributed by atoms with E-state index >= 15 is 0 Å². The Balaban J connectivity index is 2.98. The van der Waals surface area contributed by atoms with Crippen LogP contribution >= 0.6 is 0 Å². The lowest BCUT2D eigenvalue weighted by molar-refractivity contribution is 0.0139. The van der Waals surface area contributed by atoms with Crippen molar-refractivity contribution in [1.29, 1.82) is 0 Å². The summed E-state index contributed by atoms with van der Waals surface area (Å²) in [5, 5.41) is 28.1. The van der Waals surface area contributed by atoms with E-state index in [1.807, 2.05) is 0 Å². The van der Waals surface area contributed by atoms with Gasteiger partial charge in [-0.25, -0.2) is 4.79 Å². The Morgan fingerprint density at radius 3 is 2.75 bits per heavy atom. The highest BCUT2D eigenvalue weighted by atomic mass is 16.4. The molecule has 0 spiro atoms. The van der Waals surface area contributed by atoms with Crippen molar-refractivity contribution in [2.45, 2.75) is 18.6 Å². The molecule has 1 heterocycles. The molecule has 0 bridgehead atoms. The predicted molar refractivity (Wildman–Crippen MR) is 55.8 cm³/mol. The Morgan fingerprint density at radius 2 is 2.19 bits per heavy atom. The topological polar surface area (TPSA) is 117 Å². The highest BCUT2D eigenvalue weighted by molar-refractivity contribution is 5.89. The van der Waals surface area contributed by atoms with Crippen molar-refractivity contribution in [3.8, 4) is 0 Å². The zero-order valence-corrected chi connectivity index (χ0v) is 8.58. The Kier molecular flexibility index (Phi) is 4.36. The zero-order valence-electron chi connectivity index (χ0n) is 8.58. The van der Waals surface area contributed by atoms with Gasteiger partial charge in [0.15, 0.2) is 0 Å². The lowest BCUT2D eigenvalue weighted by atomic mass is 9.99. The van der Waals surface area contributed by atoms with Crippen LogP contribution in [0, 0.1) is 0 Å². The van der Waals surface area contributed by atoms with E-state index in [-0.39, 0.29) is 24.1 Å². The van der Waals surface area contributed by atoms with Gasteiger partial charge in [-0.05, 0) is 19.0 Å². The molecule has 0 radical (unpaired) electrons. The number of nitrogens with zero attached hydrogens (tertiary/aromatic N) is 1. The van der Waals surface area contributed by atoms with Gasteiger partial charge in [0, 0.05) is 18.0 Å². The summed E-state index contributed by atoms with van der Waals surface area (Å²) < 4.78 is 0. The van der Waals surface area contributed by atoms with E-state index in [1.54, 1.807) is 0 Å². The zero-order chi connectivity index (χ0) is 12.1. The second kappa shape index (κ2) is 5.55. The standard InChI is InChI=1S/C10H14N2O4/c11-3-1-8(13)9(14)7-5-12-4-2-6(7)10(15)16/h2,4-5,8-9,13-14H,1,3,11H2,(H,15,16). The third-order valence-corrected chi connectivity index (χ3v) is 2.23. The number of carboxylic acid groups (broad SMARTS) is 1. The average molecular weight is 226 g/mol. The maximum absolute atomic E-state index is 10.9. The maximum Gasteiger partial charge on any atom is 0.336 e. The molecule has 1 aromatic heterocycles. The summed E-state index contributed by atoms with van der Waals surface area (Å²) in [7, 11) is 0. The summed E-state index contributed by atoms with van der Waals surface area (Å²) in [5.74, 6) is -1.17. The SMILES string of the molecule is NCCC(O)C(O)c1cnccc1C(=O)O. The maximum atomic E-state index is 10.9. The number of rotatable bonds is 5. The molecule has 5 N–H and O–H groups in total. The van der Waals surface area contributed by atoms with Gasteiger partial charge < -0.3 is 21.1 Å². The van der Waals surface area contributed by atoms with Crippen LogP contribution in [0.2, 0.25) is 0 Å². The second-order valence-corrected chi connectivity index (χ2v) is 3.36. The number of aliphatic hydroxyl groups is 2. The summed E-state index contributed by atoms with van der Waals surface area (Å²) >= 11 is 0. The molecule has 6 heteroatoms. The van der Waals surface area contributed by atoms with Crippen molar-refractivity contribution in [3.63, 3.8) is 0 Å². The minimum atomic E-state index is -1.29. The average Bonchev–Trinajstić information content (AvgIpc) is 2.28. The summed E-state index contributed by atoms with van der Waals surface area (Å²) in [6, 6.07) is 1.27. The summed E-state index contributed by atoms with van der Waals surface area (Å²) in [5.41, 5.74) is 5.26. The van der Waals surface area contributed by atoms with Gasteiger partial charge in [0.05, 0.1) is 11.7 Å². The van der Waals surface area contributed by atoms with Crippen LogP contribution in [0.1, 0.15) is 28.4 Å². The number of nitrogens with two attached hydrogens (primary N) is 1. The van der Waals surface area contributed by atoms with Crippen molar-refractivity contribution in [2.75, 3.05) is 6.54 Å². The first kappa shape index (κ1) is 12.6. The Hall–Kier alpha value is -1.50. The largest absolute Gasteiger partial charge is 0.478 e. The molecule has 0 aliphatic heterocycles. The van der Waals surface area contributed by atoms with Crippen LogP contribution in [0.5, 0.6) is 0 Å². The molecule has 6 nitrogen and oxygen atoms in total. The molecule has 0 saturated heterocycles. The van der Waals surface area contributed by atoms with Crippen LogP contribution < -0.4 is 5.73 Å². The number of pyridine rings is 1. The van der Waals surface area contributed by atoms with Crippen molar-refractivity contribution in [3.05, 3.63) is 29.6 Å². The number of aliphatic hydroxyl groups excluding tert-OH is 2. The molecular formula is C10H14N2O4. The first-order valence-electron chi connectivity index (χ1n) is 4.81. The monoisotopic (exact) mass is 226 g/mol. The first-order valence-corrected chi connectivity index (χ1v) is 4.81. The normalized spacial score (nSPS) is 14.4. The van der Waals surface area contributed by atoms with Crippen molar-refractivity contribution >= 4 is 5.97 Å². The van der Waals surface area contributed by atoms with Crippen LogP contribution in [-0.2, 0) is 0 Å². The molecule has 0 fully saturated rings. The van der Waals surface area contributed by atoms with Crippen LogP contribution in [0.3, 0.4) is 0 Å². The van der Waals surface area contributed by atoms with Crippen molar-refractivity contribution < 1.29 is 20.1 Å². The lowest BCUT2D eigenvalue weighted by Gasteiger charge is -2.18. The van der Waals surface area contributed by atoms with Gasteiger partial charge in [-0.1, -0.05) is 0 Å². The predicted octanol–water partition coefficient (Wildman–Crippen LogP) is -0.477. The molecule has 2 unspecified atom stereocenters. The van der Waals surface area contributed by atoms with Gasteiger partial charge in [-0.3, -0.25) is 4.98 Å². The minimum absolute atomic E-state index is 0.0708. The third-order valence-electron chi connectivity index (χ3n) is 2.23. The molecule has 0 aromatic carbocycles. The molecule has 0 saturated carbocycles. The van der Waals surface area contributed by atoms with Gasteiger partial charge in [0.25, 0.3) is 0 Å². The molecule has 16 heavy (non-hydrogen) atoms. The highest BCUT2D eigenvalue weighted by Gasteiger charge is 2.23. The van der Waals surface area contributed by atoms with Crippen LogP contribution in [0.25, 0.3) is 0 Å². The molecule has 1 rings (SSSR count). The van der Waals surface area contributed by atoms with E-state index in [0.717, 1.165) is 0 Å². The van der Waals surface area contributed by atoms with E-state index in [2.05, 4.69) is 4.98 Å². The Bertz CT molecular complexity index is 370. The molecule has 0 aliphatic carbocycles. The molecule has 0 amide bonds. The summed E-state index contributed by atoms with van der Waals surface area (Å²) in [6.07, 6.45) is 0.355. The molecule has 0 aliphatic rings. The van der Waals surface area contributed by atoms with Gasteiger partial charge in [0.1, 0.15) is 6.10 Å². The second-order valence-electron chi connectivity index (χ2n) is 3.36. The minimum Gasteiger partial charge on any atom is -0.478 e. The van der Waals surface area contributed by atoms with Crippen molar-refractivity contribution in [2.24, 2.45) is 5.73 Å². The van der Waals surface area contributed by atoms with E-state index in [0.29, 0.717) is 0 Å². The Labute approximate surface area is 92.4 Å². The first-order chi connectivity index (χ1) is 7.57. The van der Waals surface area contributed by atoms with Crippen LogP contribution in [-0.4, -0.2) is 38.9 Å². The van der Waals surface area contributed by atoms with Crippen LogP contribution in [0.4, 0.5) is 0 Å². The molecule has 2 atom stereocenters. The van der Waals surface area contributed by atoms with Gasteiger partial charge in [-0.2, -0.15) is 0 Å². The number of hydrogen-bond donors (Lipinski definition) is 4. The highest BCUT2D eigenvalue weighted by Crippen LogP contribution is 2.21.